The molecule has 0 fully saturated rings. The van der Waals surface area contributed by atoms with Crippen LogP contribution in [0.15, 0.2) is 30.3 Å². The standard InChI is InChI=1S/C12H16N2O3/c15-11(9-13-8-4-7-12(16)17)14-10-5-2-1-3-6-10/h1-3,5-6,13H,4,7-9H2,(H,14,15)(H,16,17). The van der Waals surface area contributed by atoms with E-state index in [0.717, 1.165) is 5.69 Å². The summed E-state index contributed by atoms with van der Waals surface area (Å²) in [5, 5.41) is 14.0. The van der Waals surface area contributed by atoms with Gasteiger partial charge in [-0.1, -0.05) is 18.2 Å². The molecule has 0 spiro atoms. The predicted molar refractivity (Wildman–Crippen MR) is 64.8 cm³/mol. The molecule has 0 bridgehead atoms. The molecular weight excluding hydrogens is 220 g/mol. The molecule has 3 N–H and O–H groups in total. The summed E-state index contributed by atoms with van der Waals surface area (Å²) in [4.78, 5) is 21.6. The van der Waals surface area contributed by atoms with Gasteiger partial charge in [-0.2, -0.15) is 0 Å². The normalized spacial score (nSPS) is 9.88. The summed E-state index contributed by atoms with van der Waals surface area (Å²) >= 11 is 0. The van der Waals surface area contributed by atoms with E-state index in [1.807, 2.05) is 30.3 Å². The number of carbonyl (C=O) groups is 2. The molecule has 0 aliphatic heterocycles. The van der Waals surface area contributed by atoms with Crippen molar-refractivity contribution in [3.8, 4) is 0 Å². The van der Waals surface area contributed by atoms with Crippen LogP contribution in [0.1, 0.15) is 12.8 Å². The minimum Gasteiger partial charge on any atom is -0.481 e. The van der Waals surface area contributed by atoms with Crippen LogP contribution in [-0.4, -0.2) is 30.1 Å². The second kappa shape index (κ2) is 7.40. The van der Waals surface area contributed by atoms with Crippen molar-refractivity contribution in [2.75, 3.05) is 18.4 Å². The molecule has 0 aliphatic carbocycles. The molecule has 1 aromatic carbocycles. The number of hydrogen-bond donors (Lipinski definition) is 3. The van der Waals surface area contributed by atoms with Crippen molar-refractivity contribution in [2.24, 2.45) is 0 Å². The average molecular weight is 236 g/mol. The van der Waals surface area contributed by atoms with E-state index in [1.54, 1.807) is 0 Å². The van der Waals surface area contributed by atoms with Crippen LogP contribution in [0, 0.1) is 0 Å². The van der Waals surface area contributed by atoms with E-state index in [-0.39, 0.29) is 18.9 Å². The summed E-state index contributed by atoms with van der Waals surface area (Å²) in [7, 11) is 0. The Morgan fingerprint density at radius 3 is 2.53 bits per heavy atom. The second-order valence-electron chi connectivity index (χ2n) is 3.59. The van der Waals surface area contributed by atoms with Gasteiger partial charge in [0.15, 0.2) is 0 Å². The van der Waals surface area contributed by atoms with Crippen molar-refractivity contribution in [2.45, 2.75) is 12.8 Å². The van der Waals surface area contributed by atoms with E-state index in [1.165, 1.54) is 0 Å². The highest BCUT2D eigenvalue weighted by atomic mass is 16.4. The lowest BCUT2D eigenvalue weighted by Crippen LogP contribution is -2.28. The van der Waals surface area contributed by atoms with Gasteiger partial charge in [0.1, 0.15) is 0 Å². The lowest BCUT2D eigenvalue weighted by molar-refractivity contribution is -0.137. The van der Waals surface area contributed by atoms with Gasteiger partial charge in [0.25, 0.3) is 0 Å². The van der Waals surface area contributed by atoms with Gasteiger partial charge in [-0.3, -0.25) is 9.59 Å². The highest BCUT2D eigenvalue weighted by Crippen LogP contribution is 2.03. The van der Waals surface area contributed by atoms with Crippen LogP contribution in [0.3, 0.4) is 0 Å². The van der Waals surface area contributed by atoms with Crippen LogP contribution in [0.25, 0.3) is 0 Å². The topological polar surface area (TPSA) is 78.4 Å². The monoisotopic (exact) mass is 236 g/mol. The van der Waals surface area contributed by atoms with Crippen LogP contribution < -0.4 is 10.6 Å². The average Bonchev–Trinajstić information content (AvgIpc) is 2.29. The van der Waals surface area contributed by atoms with Gasteiger partial charge in [-0.25, -0.2) is 0 Å². The number of carboxylic acid groups (broad SMARTS) is 1. The Bertz CT molecular complexity index is 365. The van der Waals surface area contributed by atoms with E-state index >= 15 is 0 Å². The third-order valence-electron chi connectivity index (χ3n) is 2.09. The van der Waals surface area contributed by atoms with Crippen LogP contribution in [0.2, 0.25) is 0 Å². The summed E-state index contributed by atoms with van der Waals surface area (Å²) in [5.41, 5.74) is 0.754. The number of nitrogens with one attached hydrogen (secondary N) is 2. The molecular formula is C12H16N2O3. The molecule has 5 nitrogen and oxygen atoms in total. The molecule has 0 unspecified atom stereocenters. The molecule has 1 amide bonds. The van der Waals surface area contributed by atoms with Gasteiger partial charge >= 0.3 is 5.97 Å². The maximum Gasteiger partial charge on any atom is 0.303 e. The minimum atomic E-state index is -0.819. The fourth-order valence-electron chi connectivity index (χ4n) is 1.29. The highest BCUT2D eigenvalue weighted by molar-refractivity contribution is 5.92. The van der Waals surface area contributed by atoms with Gasteiger partial charge in [-0.15, -0.1) is 0 Å². The Morgan fingerprint density at radius 1 is 1.18 bits per heavy atom. The van der Waals surface area contributed by atoms with Gasteiger partial charge in [-0.05, 0) is 25.1 Å². The lowest BCUT2D eigenvalue weighted by Gasteiger charge is -2.05. The van der Waals surface area contributed by atoms with Crippen molar-refractivity contribution >= 4 is 17.6 Å². The Morgan fingerprint density at radius 2 is 1.88 bits per heavy atom. The molecule has 1 aromatic rings. The first-order valence-electron chi connectivity index (χ1n) is 5.46. The van der Waals surface area contributed by atoms with Crippen LogP contribution in [-0.2, 0) is 9.59 Å². The van der Waals surface area contributed by atoms with Crippen molar-refractivity contribution in [3.05, 3.63) is 30.3 Å². The summed E-state index contributed by atoms with van der Waals surface area (Å²) in [6.07, 6.45) is 0.640. The summed E-state index contributed by atoms with van der Waals surface area (Å²) in [6, 6.07) is 9.18. The third-order valence-corrected chi connectivity index (χ3v) is 2.09. The number of aliphatic carboxylic acids is 1. The molecule has 17 heavy (non-hydrogen) atoms. The number of rotatable bonds is 7. The van der Waals surface area contributed by atoms with E-state index in [0.29, 0.717) is 13.0 Å². The van der Waals surface area contributed by atoms with Gasteiger partial charge in [0.2, 0.25) is 5.91 Å². The summed E-state index contributed by atoms with van der Waals surface area (Å²) in [6.45, 7) is 0.711. The number of amides is 1. The van der Waals surface area contributed by atoms with Gasteiger partial charge in [0.05, 0.1) is 6.54 Å². The van der Waals surface area contributed by atoms with Crippen LogP contribution in [0.5, 0.6) is 0 Å². The smallest absolute Gasteiger partial charge is 0.303 e. The molecule has 0 saturated carbocycles. The molecule has 0 aromatic heterocycles. The Hall–Kier alpha value is -1.88. The van der Waals surface area contributed by atoms with Gasteiger partial charge in [0, 0.05) is 12.1 Å². The Kier molecular flexibility index (Phi) is 5.74. The Labute approximate surface area is 99.8 Å². The van der Waals surface area contributed by atoms with Crippen molar-refractivity contribution in [1.29, 1.82) is 0 Å². The molecule has 0 atom stereocenters. The zero-order valence-electron chi connectivity index (χ0n) is 9.48. The van der Waals surface area contributed by atoms with Crippen LogP contribution >= 0.6 is 0 Å². The van der Waals surface area contributed by atoms with Crippen LogP contribution in [0.4, 0.5) is 5.69 Å². The third kappa shape index (κ3) is 6.32. The molecule has 0 radical (unpaired) electrons. The summed E-state index contributed by atoms with van der Waals surface area (Å²) < 4.78 is 0. The number of benzene rings is 1. The zero-order chi connectivity index (χ0) is 12.5. The first-order chi connectivity index (χ1) is 8.18. The molecule has 0 heterocycles. The number of hydrogen-bond acceptors (Lipinski definition) is 3. The first-order valence-corrected chi connectivity index (χ1v) is 5.46. The highest BCUT2D eigenvalue weighted by Gasteiger charge is 2.01. The largest absolute Gasteiger partial charge is 0.481 e. The summed E-state index contributed by atoms with van der Waals surface area (Å²) in [5.74, 6) is -0.952. The lowest BCUT2D eigenvalue weighted by atomic mass is 10.3. The molecule has 0 saturated heterocycles. The predicted octanol–water partition coefficient (Wildman–Crippen LogP) is 1.08. The van der Waals surface area contributed by atoms with Crippen molar-refractivity contribution in [1.82, 2.24) is 5.32 Å². The maximum absolute atomic E-state index is 11.4. The van der Waals surface area contributed by atoms with Crippen molar-refractivity contribution < 1.29 is 14.7 Å². The Balaban J connectivity index is 2.12. The van der Waals surface area contributed by atoms with E-state index < -0.39 is 5.97 Å². The first kappa shape index (κ1) is 13.2. The molecule has 1 rings (SSSR count). The molecule has 5 heteroatoms. The fourth-order valence-corrected chi connectivity index (χ4v) is 1.29. The maximum atomic E-state index is 11.4. The number of anilines is 1. The minimum absolute atomic E-state index is 0.118. The number of carboxylic acids is 1. The SMILES string of the molecule is O=C(O)CCCNCC(=O)Nc1ccccc1. The van der Waals surface area contributed by atoms with E-state index in [2.05, 4.69) is 10.6 Å². The molecule has 92 valence electrons. The van der Waals surface area contributed by atoms with E-state index in [4.69, 9.17) is 5.11 Å². The number of carbonyl (C=O) groups excluding carboxylic acids is 1. The number of para-hydroxylation sites is 1. The van der Waals surface area contributed by atoms with Gasteiger partial charge < -0.3 is 15.7 Å². The fraction of sp³-hybridized carbons (Fsp3) is 0.333. The second-order valence-corrected chi connectivity index (χ2v) is 3.59. The zero-order valence-corrected chi connectivity index (χ0v) is 9.48. The van der Waals surface area contributed by atoms with Crippen molar-refractivity contribution in [3.63, 3.8) is 0 Å². The molecule has 0 aliphatic rings. The quantitative estimate of drug-likeness (QED) is 0.619. The van der Waals surface area contributed by atoms with E-state index in [9.17, 15) is 9.59 Å².